The molecule has 1 saturated heterocycles. The van der Waals surface area contributed by atoms with E-state index in [1.807, 2.05) is 41.5 Å². The summed E-state index contributed by atoms with van der Waals surface area (Å²) in [5, 5.41) is 94.9. The fourth-order valence-electron chi connectivity index (χ4n) is 15.0. The SMILES string of the molecule is CCC(C)C(N)C(=O)NC(CC(C)C)C(=O)NCC(=O)N1CCC[C@H]1C(=O)NC(C(=O)NC(CC(C)C)C(=O)NCC(=O)NC(CC(C)C)C(=O)NC(C(=O)NC(CO)C(=O)NC(CC(=O)O)C(=O)NC(C(=O)NC(CC(C)C)C(=O)NC(CC(=O)O)C(=O)NC(CC(=O)O)C(=O)NC(C(=O)NC(CC(C)C)C(=O)NCC(=O)NC(C(=O)NC(CC(C)C)C(N)=O)C(C)CC)C(C)C)C(C)O)C(C)C)C(C)C. The van der Waals surface area contributed by atoms with E-state index in [0.29, 0.717) is 19.3 Å². The molecule has 0 saturated carbocycles. The van der Waals surface area contributed by atoms with Gasteiger partial charge >= 0.3 is 17.9 Å². The first kappa shape index (κ1) is 128. The monoisotopic (exact) mass is 2020 g/mol. The van der Waals surface area contributed by atoms with E-state index < -0.39 is 320 Å². The lowest BCUT2D eigenvalue weighted by Gasteiger charge is -2.29. The first-order chi connectivity index (χ1) is 65.9. The lowest BCUT2D eigenvalue weighted by atomic mass is 9.96. The Kier molecular flexibility index (Phi) is 56.5. The minimum atomic E-state index is -2.21. The number of likely N-dealkylation sites (tertiary alicyclic amines) is 1. The highest BCUT2D eigenvalue weighted by Crippen LogP contribution is 2.22. The predicted octanol–water partition coefficient (Wildman–Crippen LogP) is -4.46. The Balaban J connectivity index is 3.41. The number of hydrogen-bond acceptors (Lipinski definition) is 26. The third-order valence-corrected chi connectivity index (χ3v) is 23.2. The van der Waals surface area contributed by atoms with Crippen LogP contribution in [0.5, 0.6) is 0 Å². The van der Waals surface area contributed by atoms with E-state index in [-0.39, 0.29) is 87.0 Å². The van der Waals surface area contributed by atoms with Gasteiger partial charge in [0, 0.05) is 6.54 Å². The molecule has 1 aliphatic rings. The third kappa shape index (κ3) is 46.2. The second-order valence-corrected chi connectivity index (χ2v) is 40.0. The molecule has 0 aliphatic carbocycles. The maximum Gasteiger partial charge on any atom is 0.305 e. The zero-order valence-corrected chi connectivity index (χ0v) is 86.2. The van der Waals surface area contributed by atoms with Crippen molar-refractivity contribution in [1.29, 1.82) is 0 Å². The number of carbonyl (C=O) groups is 23. The predicted molar refractivity (Wildman–Crippen MR) is 516 cm³/mol. The number of aliphatic carboxylic acids is 3. The van der Waals surface area contributed by atoms with Gasteiger partial charge in [0.05, 0.1) is 57.6 Å². The van der Waals surface area contributed by atoms with Crippen LogP contribution in [0.4, 0.5) is 0 Å². The van der Waals surface area contributed by atoms with E-state index in [0.717, 1.165) is 6.92 Å². The first-order valence-corrected chi connectivity index (χ1v) is 48.6. The Labute approximate surface area is 829 Å². The van der Waals surface area contributed by atoms with E-state index in [1.165, 1.54) is 32.6 Å². The topological polar surface area (TPSA) is 766 Å². The minimum absolute atomic E-state index is 0.0242. The third-order valence-electron chi connectivity index (χ3n) is 23.2. The van der Waals surface area contributed by atoms with Crippen LogP contribution in [-0.4, -0.2) is 308 Å². The second-order valence-electron chi connectivity index (χ2n) is 40.0. The molecular weight excluding hydrogens is 1860 g/mol. The maximum atomic E-state index is 14.3. The quantitative estimate of drug-likeness (QED) is 0.0273. The van der Waals surface area contributed by atoms with Gasteiger partial charge in [-0.25, -0.2) is 0 Å². The molecule has 20 amide bonds. The molecule has 19 unspecified atom stereocenters. The number of amides is 20. The summed E-state index contributed by atoms with van der Waals surface area (Å²) in [5.41, 5.74) is 11.7. The van der Waals surface area contributed by atoms with Gasteiger partial charge in [0.15, 0.2) is 0 Å². The average Bonchev–Trinajstić information content (AvgIpc) is 1.80. The summed E-state index contributed by atoms with van der Waals surface area (Å²) in [6, 6.07) is -26.3. The van der Waals surface area contributed by atoms with Gasteiger partial charge in [0.2, 0.25) is 118 Å². The highest BCUT2D eigenvalue weighted by atomic mass is 16.4. The fraction of sp³-hybridized carbons (Fsp3) is 0.753. The molecule has 0 bridgehead atoms. The maximum absolute atomic E-state index is 14.3. The number of carboxylic acid groups (broad SMARTS) is 3. The van der Waals surface area contributed by atoms with E-state index in [2.05, 4.69) is 95.7 Å². The molecule has 49 nitrogen and oxygen atoms in total. The van der Waals surface area contributed by atoms with E-state index in [4.69, 9.17) is 11.5 Å². The molecule has 1 heterocycles. The van der Waals surface area contributed by atoms with E-state index in [1.54, 1.807) is 83.1 Å². The average molecular weight is 2020 g/mol. The van der Waals surface area contributed by atoms with Crippen molar-refractivity contribution in [2.45, 2.75) is 352 Å². The second kappa shape index (κ2) is 62.9. The summed E-state index contributed by atoms with van der Waals surface area (Å²) < 4.78 is 0. The van der Waals surface area contributed by atoms with Crippen LogP contribution in [0.2, 0.25) is 0 Å². The molecule has 0 aromatic carbocycles. The van der Waals surface area contributed by atoms with Gasteiger partial charge in [-0.1, -0.05) is 165 Å². The van der Waals surface area contributed by atoms with Gasteiger partial charge in [0.1, 0.15) is 96.7 Å². The molecule has 20 atom stereocenters. The van der Waals surface area contributed by atoms with Gasteiger partial charge in [-0.15, -0.1) is 0 Å². The Bertz CT molecular complexity index is 4320. The largest absolute Gasteiger partial charge is 0.481 e. The van der Waals surface area contributed by atoms with Crippen molar-refractivity contribution in [3.05, 3.63) is 0 Å². The molecule has 27 N–H and O–H groups in total. The molecule has 1 aliphatic heterocycles. The van der Waals surface area contributed by atoms with Crippen molar-refractivity contribution in [3.63, 3.8) is 0 Å². The number of carboxylic acids is 3. The minimum Gasteiger partial charge on any atom is -0.481 e. The van der Waals surface area contributed by atoms with Crippen LogP contribution in [0.3, 0.4) is 0 Å². The van der Waals surface area contributed by atoms with Crippen molar-refractivity contribution in [2.75, 3.05) is 32.8 Å². The first-order valence-electron chi connectivity index (χ1n) is 48.6. The van der Waals surface area contributed by atoms with E-state index >= 15 is 0 Å². The molecule has 806 valence electrons. The number of hydrogen-bond donors (Lipinski definition) is 25. The van der Waals surface area contributed by atoms with Crippen molar-refractivity contribution in [2.24, 2.45) is 76.6 Å². The lowest BCUT2D eigenvalue weighted by molar-refractivity contribution is -0.144. The van der Waals surface area contributed by atoms with Gasteiger partial charge in [0.25, 0.3) is 0 Å². The molecule has 0 aromatic rings. The Hall–Kier alpha value is -12.3. The Morgan fingerprint density at radius 1 is 0.310 bits per heavy atom. The highest BCUT2D eigenvalue weighted by molar-refractivity contribution is 6.03. The van der Waals surface area contributed by atoms with Crippen LogP contribution in [0.1, 0.15) is 243 Å². The van der Waals surface area contributed by atoms with Crippen molar-refractivity contribution in [1.82, 2.24) is 101 Å². The summed E-state index contributed by atoms with van der Waals surface area (Å²) in [4.78, 5) is 314. The van der Waals surface area contributed by atoms with Crippen LogP contribution < -0.4 is 107 Å². The number of nitrogens with two attached hydrogens (primary N) is 2. The number of rotatable bonds is 65. The van der Waals surface area contributed by atoms with Crippen LogP contribution >= 0.6 is 0 Å². The fourth-order valence-corrected chi connectivity index (χ4v) is 15.0. The summed E-state index contributed by atoms with van der Waals surface area (Å²) in [6.07, 6.45) is -4.11. The Morgan fingerprint density at radius 2 is 0.585 bits per heavy atom. The van der Waals surface area contributed by atoms with Gasteiger partial charge in [-0.05, 0) is 123 Å². The number of carbonyl (C=O) groups excluding carboxylic acids is 20. The Morgan fingerprint density at radius 3 is 0.930 bits per heavy atom. The number of aliphatic hydroxyl groups excluding tert-OH is 2. The summed E-state index contributed by atoms with van der Waals surface area (Å²) in [5.74, 6) is -29.5. The summed E-state index contributed by atoms with van der Waals surface area (Å²) in [7, 11) is 0. The van der Waals surface area contributed by atoms with Crippen LogP contribution in [0.25, 0.3) is 0 Å². The molecule has 0 spiro atoms. The molecule has 142 heavy (non-hydrogen) atoms. The van der Waals surface area contributed by atoms with Crippen LogP contribution in [0, 0.1) is 65.1 Å². The smallest absolute Gasteiger partial charge is 0.305 e. The normalized spacial score (nSPS) is 16.6. The standard InChI is InChI=1S/C93H161N21O28/c1-24-51(21)71(94)88(137)104-55(30-43(5)6)80(129)98-40-67(119)114-28-26-27-64(114)87(136)112-74(50(19)20)90(139)106-56(31-44(7)8)78(127)96-38-65(117)99-58(33-46(11)12)83(132)110-73(49(17)18)91(140)108-63(41-115)86(135)103-62(37-70(124)125)85(134)113-76(53(23)116)93(142)107-59(34-47(13)14)81(130)101-60(35-68(120)121)82(131)102-61(36-69(122)123)84(133)111-72(48(15)16)89(138)105-57(32-45(9)10)79(128)97-39-66(118)109-75(52(22)25-2)92(141)100-54(77(95)126)29-42(3)4/h42-64,71-76,115-116H,24-41,94H2,1-23H3,(H2,95,126)(H,96,127)(H,97,128)(H,98,129)(H,99,117)(H,100,141)(H,101,130)(H,102,131)(H,103,135)(H,104,137)(H,105,138)(H,106,139)(H,107,142)(H,108,140)(H,109,118)(H,110,132)(H,111,133)(H,112,136)(H,113,134)(H,120,121)(H,122,123)(H,124,125)/t51?,52?,53?,54?,55?,56?,57?,58?,59?,60?,61?,62?,63?,64-,71?,72?,73?,74?,75?,76?/m0/s1. The van der Waals surface area contributed by atoms with Crippen molar-refractivity contribution >= 4 is 136 Å². The number of aliphatic hydroxyl groups is 2. The van der Waals surface area contributed by atoms with Crippen LogP contribution in [0.15, 0.2) is 0 Å². The highest BCUT2D eigenvalue weighted by Gasteiger charge is 2.43. The van der Waals surface area contributed by atoms with E-state index in [9.17, 15) is 136 Å². The molecular formula is C93H161N21O28. The molecule has 49 heteroatoms. The molecule has 0 radical (unpaired) electrons. The number of primary amides is 1. The zero-order chi connectivity index (χ0) is 109. The van der Waals surface area contributed by atoms with Gasteiger partial charge in [-0.2, -0.15) is 0 Å². The van der Waals surface area contributed by atoms with Gasteiger partial charge in [-0.3, -0.25) is 110 Å². The van der Waals surface area contributed by atoms with Gasteiger partial charge < -0.3 is 138 Å². The molecule has 0 aromatic heterocycles. The van der Waals surface area contributed by atoms with Crippen molar-refractivity contribution in [3.8, 4) is 0 Å². The van der Waals surface area contributed by atoms with Crippen LogP contribution in [-0.2, 0) is 110 Å². The lowest BCUT2D eigenvalue weighted by Crippen LogP contribution is -2.63. The summed E-state index contributed by atoms with van der Waals surface area (Å²) in [6.45, 7) is 34.8. The molecule has 1 rings (SSSR count). The summed E-state index contributed by atoms with van der Waals surface area (Å²) >= 11 is 0. The molecule has 1 fully saturated rings. The zero-order valence-electron chi connectivity index (χ0n) is 86.2. The number of nitrogens with one attached hydrogen (secondary N) is 18. The van der Waals surface area contributed by atoms with Crippen molar-refractivity contribution < 1.29 is 136 Å². The number of nitrogens with zero attached hydrogens (tertiary/aromatic N) is 1.